The van der Waals surface area contributed by atoms with Gasteiger partial charge in [-0.15, -0.1) is 12.4 Å². The molecular formula is C37H46ClF6N15O4. The van der Waals surface area contributed by atoms with Gasteiger partial charge in [0.2, 0.25) is 23.8 Å². The van der Waals surface area contributed by atoms with Crippen LogP contribution in [0.4, 0.5) is 61.8 Å². The van der Waals surface area contributed by atoms with E-state index in [9.17, 15) is 26.3 Å². The van der Waals surface area contributed by atoms with Gasteiger partial charge in [-0.05, 0) is 12.1 Å². The van der Waals surface area contributed by atoms with Crippen LogP contribution in [0.2, 0.25) is 0 Å². The summed E-state index contributed by atoms with van der Waals surface area (Å²) < 4.78 is 104. The number of pyridine rings is 2. The van der Waals surface area contributed by atoms with E-state index in [1.165, 1.54) is 6.34 Å². The van der Waals surface area contributed by atoms with Crippen molar-refractivity contribution in [1.82, 2.24) is 44.8 Å². The molecule has 4 saturated heterocycles. The quantitative estimate of drug-likeness (QED) is 0.153. The zero-order valence-electron chi connectivity index (χ0n) is 34.3. The van der Waals surface area contributed by atoms with E-state index in [4.69, 9.17) is 24.7 Å². The number of hydrogen-bond acceptors (Lipinski definition) is 18. The molecule has 0 unspecified atom stereocenters. The molecule has 8 heterocycles. The molecule has 4 aliphatic rings. The first-order chi connectivity index (χ1) is 29.7. The van der Waals surface area contributed by atoms with Crippen molar-refractivity contribution in [1.29, 1.82) is 0 Å². The monoisotopic (exact) mass is 913 g/mol. The Hall–Kier alpha value is -5.50. The predicted molar refractivity (Wildman–Crippen MR) is 222 cm³/mol. The van der Waals surface area contributed by atoms with Crippen molar-refractivity contribution in [3.63, 3.8) is 0 Å². The van der Waals surface area contributed by atoms with E-state index in [0.29, 0.717) is 129 Å². The van der Waals surface area contributed by atoms with Crippen molar-refractivity contribution < 1.29 is 45.3 Å². The molecule has 4 aromatic rings. The second kappa shape index (κ2) is 20.8. The number of alkyl halides is 6. The largest absolute Gasteiger partial charge is 0.417 e. The van der Waals surface area contributed by atoms with Crippen molar-refractivity contribution in [3.05, 3.63) is 35.7 Å². The number of nitrogens with zero attached hydrogens (tertiary/aromatic N) is 14. The number of halogens is 7. The average Bonchev–Trinajstić information content (AvgIpc) is 3.28. The van der Waals surface area contributed by atoms with Gasteiger partial charge in [0.25, 0.3) is 0 Å². The summed E-state index contributed by atoms with van der Waals surface area (Å²) in [6, 6.07) is 1.70. The van der Waals surface area contributed by atoms with E-state index in [-0.39, 0.29) is 46.8 Å². The van der Waals surface area contributed by atoms with E-state index >= 15 is 0 Å². The number of ether oxygens (including phenoxy) is 4. The molecule has 4 aliphatic heterocycles. The van der Waals surface area contributed by atoms with Gasteiger partial charge in [0.05, 0.1) is 81.4 Å². The fourth-order valence-corrected chi connectivity index (χ4v) is 6.55. The number of aliphatic imine (C=N–C) groups is 1. The van der Waals surface area contributed by atoms with Crippen LogP contribution in [0.1, 0.15) is 11.1 Å². The number of morpholine rings is 4. The molecule has 0 amide bonds. The van der Waals surface area contributed by atoms with Crippen molar-refractivity contribution in [2.75, 3.05) is 145 Å². The number of aromatic nitrogens is 8. The summed E-state index contributed by atoms with van der Waals surface area (Å²) in [6.07, 6.45) is -5.71. The molecule has 63 heavy (non-hydrogen) atoms. The maximum atomic E-state index is 14.0. The van der Waals surface area contributed by atoms with Crippen LogP contribution < -0.4 is 25.3 Å². The third kappa shape index (κ3) is 12.2. The topological polar surface area (TPSA) is 195 Å². The van der Waals surface area contributed by atoms with Crippen LogP contribution in [0, 0.1) is 0 Å². The molecule has 0 saturated carbocycles. The molecule has 26 heteroatoms. The highest BCUT2D eigenvalue weighted by molar-refractivity contribution is 5.85. The zero-order valence-corrected chi connectivity index (χ0v) is 35.2. The first-order valence-corrected chi connectivity index (χ1v) is 19.7. The van der Waals surface area contributed by atoms with Crippen LogP contribution >= 0.6 is 12.4 Å². The molecule has 4 aromatic heterocycles. The second-order valence-corrected chi connectivity index (χ2v) is 14.4. The molecule has 4 fully saturated rings. The van der Waals surface area contributed by atoms with Crippen LogP contribution in [-0.4, -0.2) is 170 Å². The Kier molecular flexibility index (Phi) is 15.5. The molecule has 0 atom stereocenters. The molecule has 2 N–H and O–H groups in total. The van der Waals surface area contributed by atoms with E-state index < -0.39 is 23.5 Å². The van der Waals surface area contributed by atoms with E-state index in [1.807, 2.05) is 19.6 Å². The molecule has 342 valence electrons. The highest BCUT2D eigenvalue weighted by Crippen LogP contribution is 2.39. The van der Waals surface area contributed by atoms with Gasteiger partial charge in [-0.1, -0.05) is 0 Å². The third-order valence-electron chi connectivity index (χ3n) is 9.73. The van der Waals surface area contributed by atoms with Gasteiger partial charge >= 0.3 is 12.4 Å². The van der Waals surface area contributed by atoms with Crippen LogP contribution in [-0.2, 0) is 31.3 Å². The number of nitrogen functional groups attached to an aromatic ring is 1. The average molecular weight is 914 g/mol. The SMILES string of the molecule is CN(C)C=Nc1cc(C(F)(F)F)c(-c2nc(N3CCOCC3)nc(N3CCOCC3)n2)cn1.Cl.Nc1cc(C(F)(F)F)c(-c2nc(N3CCOCC3)nc(N3CCOCC3)n2)cn1. The van der Waals surface area contributed by atoms with Crippen molar-refractivity contribution in [3.8, 4) is 22.8 Å². The summed E-state index contributed by atoms with van der Waals surface area (Å²) >= 11 is 0. The van der Waals surface area contributed by atoms with Crippen molar-refractivity contribution in [2.24, 2.45) is 4.99 Å². The van der Waals surface area contributed by atoms with E-state index in [1.54, 1.807) is 19.0 Å². The highest BCUT2D eigenvalue weighted by atomic mass is 35.5. The first kappa shape index (κ1) is 47.0. The lowest BCUT2D eigenvalue weighted by Crippen LogP contribution is -2.40. The molecule has 8 rings (SSSR count). The number of nitrogens with two attached hydrogens (primary N) is 1. The molecule has 19 nitrogen and oxygen atoms in total. The molecular weight excluding hydrogens is 868 g/mol. The Balaban J connectivity index is 0.000000208. The molecule has 0 radical (unpaired) electrons. The van der Waals surface area contributed by atoms with Gasteiger partial charge in [-0.3, -0.25) is 0 Å². The summed E-state index contributed by atoms with van der Waals surface area (Å²) in [4.78, 5) is 47.6. The van der Waals surface area contributed by atoms with Gasteiger partial charge < -0.3 is 49.2 Å². The van der Waals surface area contributed by atoms with Crippen molar-refractivity contribution in [2.45, 2.75) is 12.4 Å². The Bertz CT molecular complexity index is 2090. The number of rotatable bonds is 8. The van der Waals surface area contributed by atoms with Gasteiger partial charge in [0.1, 0.15) is 5.82 Å². The van der Waals surface area contributed by atoms with Crippen LogP contribution in [0.15, 0.2) is 29.5 Å². The zero-order chi connectivity index (χ0) is 43.9. The highest BCUT2D eigenvalue weighted by Gasteiger charge is 2.37. The van der Waals surface area contributed by atoms with Gasteiger partial charge in [0, 0.05) is 78.8 Å². The summed E-state index contributed by atoms with van der Waals surface area (Å²) in [5.41, 5.74) is 3.18. The Labute approximate surface area is 364 Å². The predicted octanol–water partition coefficient (Wildman–Crippen LogP) is 3.48. The standard InChI is InChI=1S/C20H25F3N8O2.C17H20F3N7O2.ClH/c1-29(2)13-25-16-11-15(20(21,22)23)14(12-24-16)17-26-18(30-3-7-32-8-4-30)28-19(27-17)31-5-9-33-10-6-31;18-17(19,20)12-9-13(21)22-10-11(12)14-23-15(26-1-5-28-6-2-26)25-16(24-14)27-3-7-29-8-4-27;/h11-13H,3-10H2,1-2H3;9-10H,1-8H2,(H2,21,22);1H. The summed E-state index contributed by atoms with van der Waals surface area (Å²) in [6.45, 7) is 8.22. The minimum absolute atomic E-state index is 0. The number of anilines is 5. The lowest BCUT2D eigenvalue weighted by Gasteiger charge is -2.30. The second-order valence-electron chi connectivity index (χ2n) is 14.4. The Morgan fingerprint density at radius 2 is 0.889 bits per heavy atom. The van der Waals surface area contributed by atoms with Crippen molar-refractivity contribution >= 4 is 54.2 Å². The maximum absolute atomic E-state index is 14.0. The van der Waals surface area contributed by atoms with Gasteiger partial charge in [0.15, 0.2) is 17.5 Å². The fourth-order valence-electron chi connectivity index (χ4n) is 6.55. The summed E-state index contributed by atoms with van der Waals surface area (Å²) in [7, 11) is 3.43. The van der Waals surface area contributed by atoms with Crippen LogP contribution in [0.3, 0.4) is 0 Å². The molecule has 0 aliphatic carbocycles. The molecule has 0 bridgehead atoms. The van der Waals surface area contributed by atoms with Gasteiger partial charge in [-0.2, -0.15) is 56.2 Å². The lowest BCUT2D eigenvalue weighted by molar-refractivity contribution is -0.137. The summed E-state index contributed by atoms with van der Waals surface area (Å²) in [5, 5.41) is 0. The summed E-state index contributed by atoms with van der Waals surface area (Å²) in [5.74, 6) is 0.779. The Morgan fingerprint density at radius 1 is 0.556 bits per heavy atom. The first-order valence-electron chi connectivity index (χ1n) is 19.7. The molecule has 0 aromatic carbocycles. The van der Waals surface area contributed by atoms with E-state index in [2.05, 4.69) is 44.9 Å². The minimum atomic E-state index is -4.65. The van der Waals surface area contributed by atoms with Crippen LogP contribution in [0.5, 0.6) is 0 Å². The normalized spacial score (nSPS) is 17.6. The third-order valence-corrected chi connectivity index (χ3v) is 9.73. The number of hydrogen-bond donors (Lipinski definition) is 1. The van der Waals surface area contributed by atoms with E-state index in [0.717, 1.165) is 24.5 Å². The minimum Gasteiger partial charge on any atom is -0.384 e. The molecule has 0 spiro atoms. The Morgan fingerprint density at radius 3 is 1.22 bits per heavy atom. The van der Waals surface area contributed by atoms with Gasteiger partial charge in [-0.25, -0.2) is 15.0 Å². The fraction of sp³-hybridized carbons (Fsp3) is 0.541. The maximum Gasteiger partial charge on any atom is 0.417 e. The lowest BCUT2D eigenvalue weighted by atomic mass is 10.1. The smallest absolute Gasteiger partial charge is 0.384 e. The van der Waals surface area contributed by atoms with Crippen LogP contribution in [0.25, 0.3) is 22.8 Å².